The molecule has 0 N–H and O–H groups in total. The third kappa shape index (κ3) is 5.73. The van der Waals surface area contributed by atoms with Crippen LogP contribution in [0.2, 0.25) is 0 Å². The van der Waals surface area contributed by atoms with Gasteiger partial charge >= 0.3 is 0 Å². The molecule has 0 amide bonds. The first kappa shape index (κ1) is 40.7. The lowest BCUT2D eigenvalue weighted by Crippen LogP contribution is -2.44. The summed E-state index contributed by atoms with van der Waals surface area (Å²) in [6.07, 6.45) is 28.5. The molecule has 5 aromatic carbocycles. The molecule has 1 saturated carbocycles. The Hall–Kier alpha value is -5.58. The summed E-state index contributed by atoms with van der Waals surface area (Å²) in [5.74, 6) is 4.80. The van der Waals surface area contributed by atoms with Crippen molar-refractivity contribution in [2.24, 2.45) is 41.4 Å². The minimum absolute atomic E-state index is 0.0217. The van der Waals surface area contributed by atoms with Crippen LogP contribution in [-0.4, -0.2) is 22.7 Å². The van der Waals surface area contributed by atoms with Crippen LogP contribution >= 0.6 is 0 Å². The average Bonchev–Trinajstić information content (AvgIpc) is 3.60. The van der Waals surface area contributed by atoms with E-state index in [0.717, 1.165) is 36.4 Å². The molecule has 2 fully saturated rings. The van der Waals surface area contributed by atoms with Crippen molar-refractivity contribution in [3.8, 4) is 5.75 Å². The lowest BCUT2D eigenvalue weighted by Gasteiger charge is -2.47. The summed E-state index contributed by atoms with van der Waals surface area (Å²) >= 11 is 0. The maximum absolute atomic E-state index is 7.26. The van der Waals surface area contributed by atoms with Crippen molar-refractivity contribution in [3.63, 3.8) is 0 Å². The van der Waals surface area contributed by atoms with Crippen LogP contribution in [0, 0.1) is 41.4 Å². The number of nitrogens with zero attached hydrogens (tertiary/aromatic N) is 2. The standard InChI is InChI=1S/C62H64N2O2/c1-35(2)48-34-52(63(40-18-9-8-10-19-40)50-24-16-22-47-58-49-23-13-14-32-62(49,58)66-60(47)50)43-28-29-45-54(36(3)4)39(7)59(46-30-27-42(48)56(43)57(45)46)64(41-20-15-17-37(5)33-41)51-31-26-38(6)55-44-21-11-12-25-53(44)65-61(51)55/h8-12,14-16,18-22,24-25,27-39,44,49,53,55,58-59,61H,13,17,23,26H2,1-7H3. The first-order chi connectivity index (χ1) is 32.1. The summed E-state index contributed by atoms with van der Waals surface area (Å²) in [5.41, 5.74) is 11.7. The lowest BCUT2D eigenvalue weighted by molar-refractivity contribution is 0.0422. The molecule has 8 aliphatic rings. The zero-order valence-corrected chi connectivity index (χ0v) is 39.7. The van der Waals surface area contributed by atoms with Crippen molar-refractivity contribution in [1.29, 1.82) is 0 Å². The summed E-state index contributed by atoms with van der Waals surface area (Å²) in [6.45, 7) is 17.0. The van der Waals surface area contributed by atoms with E-state index in [1.807, 2.05) is 0 Å². The van der Waals surface area contributed by atoms with Crippen LogP contribution in [0.25, 0.3) is 27.1 Å². The molecule has 2 heterocycles. The number of hydrogen-bond acceptors (Lipinski definition) is 4. The zero-order chi connectivity index (χ0) is 44.7. The normalized spacial score (nSPS) is 31.9. The highest BCUT2D eigenvalue weighted by atomic mass is 16.5. The number of fused-ring (bicyclic) bond motifs is 6. The van der Waals surface area contributed by atoms with Gasteiger partial charge in [0, 0.05) is 57.6 Å². The van der Waals surface area contributed by atoms with Crippen LogP contribution in [0.4, 0.5) is 17.1 Å². The third-order valence-electron chi connectivity index (χ3n) is 17.4. The van der Waals surface area contributed by atoms with Crippen molar-refractivity contribution in [1.82, 2.24) is 4.90 Å². The van der Waals surface area contributed by atoms with Gasteiger partial charge in [0.05, 0.1) is 23.5 Å². The van der Waals surface area contributed by atoms with Crippen LogP contribution in [0.1, 0.15) is 109 Å². The number of anilines is 3. The van der Waals surface area contributed by atoms with Gasteiger partial charge in [0.15, 0.2) is 0 Å². The number of para-hydroxylation sites is 2. The zero-order valence-electron chi connectivity index (χ0n) is 39.7. The Bertz CT molecular complexity index is 3070. The van der Waals surface area contributed by atoms with Gasteiger partial charge in [-0.25, -0.2) is 0 Å². The second-order valence-corrected chi connectivity index (χ2v) is 21.8. The van der Waals surface area contributed by atoms with Crippen LogP contribution < -0.4 is 14.9 Å². The van der Waals surface area contributed by atoms with Gasteiger partial charge < -0.3 is 19.3 Å². The Kier molecular flexibility index (Phi) is 9.22. The Morgan fingerprint density at radius 1 is 0.773 bits per heavy atom. The van der Waals surface area contributed by atoms with Gasteiger partial charge in [0.25, 0.3) is 0 Å². The molecule has 5 aromatic rings. The first-order valence-electron chi connectivity index (χ1n) is 25.4. The van der Waals surface area contributed by atoms with E-state index >= 15 is 0 Å². The van der Waals surface area contributed by atoms with E-state index in [1.54, 1.807) is 5.57 Å². The van der Waals surface area contributed by atoms with E-state index in [4.69, 9.17) is 9.47 Å². The second-order valence-electron chi connectivity index (χ2n) is 21.8. The minimum atomic E-state index is -0.190. The fourth-order valence-corrected chi connectivity index (χ4v) is 14.6. The van der Waals surface area contributed by atoms with Crippen molar-refractivity contribution in [2.45, 2.75) is 110 Å². The van der Waals surface area contributed by atoms with E-state index in [9.17, 15) is 0 Å². The van der Waals surface area contributed by atoms with Crippen LogP contribution in [0.5, 0.6) is 5.75 Å². The van der Waals surface area contributed by atoms with E-state index in [1.165, 1.54) is 67.0 Å². The molecule has 0 bridgehead atoms. The first-order valence-corrected chi connectivity index (χ1v) is 25.4. The maximum Gasteiger partial charge on any atom is 0.148 e. The Morgan fingerprint density at radius 2 is 1.61 bits per heavy atom. The van der Waals surface area contributed by atoms with Crippen molar-refractivity contribution in [3.05, 3.63) is 173 Å². The van der Waals surface area contributed by atoms with Crippen LogP contribution in [0.3, 0.4) is 0 Å². The summed E-state index contributed by atoms with van der Waals surface area (Å²) < 4.78 is 14.5. The van der Waals surface area contributed by atoms with Crippen LogP contribution in [-0.2, 0) is 4.74 Å². The molecule has 1 saturated heterocycles. The molecule has 2 aliphatic heterocycles. The van der Waals surface area contributed by atoms with Crippen molar-refractivity contribution in [2.75, 3.05) is 4.90 Å². The molecule has 4 nitrogen and oxygen atoms in total. The molecule has 1 spiro atoms. The van der Waals surface area contributed by atoms with E-state index < -0.39 is 0 Å². The summed E-state index contributed by atoms with van der Waals surface area (Å²) in [5, 5.41) is 6.88. The van der Waals surface area contributed by atoms with E-state index in [2.05, 4.69) is 198 Å². The summed E-state index contributed by atoms with van der Waals surface area (Å²) in [6, 6.07) is 30.6. The molecular weight excluding hydrogens is 805 g/mol. The van der Waals surface area contributed by atoms with Crippen LogP contribution in [0.15, 0.2) is 151 Å². The summed E-state index contributed by atoms with van der Waals surface area (Å²) in [7, 11) is 0. The lowest BCUT2D eigenvalue weighted by atomic mass is 9.70. The molecule has 6 aliphatic carbocycles. The number of hydrogen-bond donors (Lipinski definition) is 0. The molecule has 11 atom stereocenters. The molecule has 0 aromatic heterocycles. The van der Waals surface area contributed by atoms with Gasteiger partial charge in [-0.05, 0) is 118 Å². The average molecular weight is 869 g/mol. The minimum Gasteiger partial charge on any atom is -0.480 e. The topological polar surface area (TPSA) is 24.9 Å². The maximum atomic E-state index is 7.26. The van der Waals surface area contributed by atoms with Crippen molar-refractivity contribution >= 4 is 44.2 Å². The summed E-state index contributed by atoms with van der Waals surface area (Å²) in [4.78, 5) is 5.33. The van der Waals surface area contributed by atoms with E-state index in [-0.39, 0.29) is 29.8 Å². The Labute approximate surface area is 391 Å². The fourth-order valence-electron chi connectivity index (χ4n) is 14.6. The smallest absolute Gasteiger partial charge is 0.148 e. The molecule has 0 radical (unpaired) electrons. The van der Waals surface area contributed by atoms with Gasteiger partial charge in [-0.1, -0.05) is 157 Å². The number of allylic oxidation sites excluding steroid dienone is 7. The predicted octanol–water partition coefficient (Wildman–Crippen LogP) is 14.8. The van der Waals surface area contributed by atoms with Gasteiger partial charge in [-0.15, -0.1) is 0 Å². The Morgan fingerprint density at radius 3 is 2.42 bits per heavy atom. The van der Waals surface area contributed by atoms with E-state index in [0.29, 0.717) is 47.3 Å². The molecule has 334 valence electrons. The largest absolute Gasteiger partial charge is 0.480 e. The van der Waals surface area contributed by atoms with Gasteiger partial charge in [-0.2, -0.15) is 0 Å². The third-order valence-corrected chi connectivity index (χ3v) is 17.4. The highest BCUT2D eigenvalue weighted by Crippen LogP contribution is 2.72. The SMILES string of the molecule is CC1C=C(N(C2=CCC(C)C3C2OC2C=CC=CC23)C2c3ccc4c(C(C)C)cc(N(c5ccccc5)c5cccc6c5OC57C=CCCC5C67)c5ccc(c3c45)=C(C(C)C)C2C)C=CC1. The van der Waals surface area contributed by atoms with Crippen molar-refractivity contribution < 1.29 is 9.47 Å². The second kappa shape index (κ2) is 15.0. The number of ether oxygens (including phenoxy) is 2. The highest BCUT2D eigenvalue weighted by Gasteiger charge is 2.71. The van der Waals surface area contributed by atoms with Gasteiger partial charge in [-0.3, -0.25) is 0 Å². The molecular formula is C62H64N2O2. The predicted molar refractivity (Wildman–Crippen MR) is 272 cm³/mol. The van der Waals surface area contributed by atoms with Gasteiger partial charge in [0.2, 0.25) is 0 Å². The van der Waals surface area contributed by atoms with Gasteiger partial charge in [0.1, 0.15) is 17.5 Å². The molecule has 13 rings (SSSR count). The monoisotopic (exact) mass is 868 g/mol. The molecule has 4 heteroatoms. The fraction of sp³-hybridized carbons (Fsp3) is 0.387. The molecule has 11 unspecified atom stereocenters. The number of benzene rings is 5. The molecule has 66 heavy (non-hydrogen) atoms. The number of rotatable bonds is 8. The quantitative estimate of drug-likeness (QED) is 0.145. The highest BCUT2D eigenvalue weighted by molar-refractivity contribution is 6.19. The Balaban J connectivity index is 1.06.